The molecule has 3 rings (SSSR count). The van der Waals surface area contributed by atoms with E-state index in [2.05, 4.69) is 22.4 Å². The lowest BCUT2D eigenvalue weighted by Crippen LogP contribution is -2.29. The number of nitrogens with zero attached hydrogens (tertiary/aromatic N) is 3. The Balaban J connectivity index is 1.82. The van der Waals surface area contributed by atoms with Crippen LogP contribution in [-0.4, -0.2) is 32.6 Å². The maximum Gasteiger partial charge on any atom is 0.227 e. The van der Waals surface area contributed by atoms with Crippen LogP contribution in [-0.2, 0) is 10.2 Å². The van der Waals surface area contributed by atoms with Crippen LogP contribution in [0.4, 0.5) is 0 Å². The molecule has 1 atom stereocenters. The predicted molar refractivity (Wildman–Crippen MR) is 134 cm³/mol. The summed E-state index contributed by atoms with van der Waals surface area (Å²) in [6.07, 6.45) is 7.15. The Kier molecular flexibility index (Phi) is 8.11. The van der Waals surface area contributed by atoms with E-state index in [0.717, 1.165) is 35.0 Å². The summed E-state index contributed by atoms with van der Waals surface area (Å²) in [6, 6.07) is 11.4. The van der Waals surface area contributed by atoms with Crippen LogP contribution >= 0.6 is 0 Å². The molecule has 0 aliphatic carbocycles. The van der Waals surface area contributed by atoms with Crippen molar-refractivity contribution in [3.8, 4) is 11.4 Å². The van der Waals surface area contributed by atoms with E-state index in [1.165, 1.54) is 30.5 Å². The zero-order valence-corrected chi connectivity index (χ0v) is 20.7. The first kappa shape index (κ1) is 24.7. The van der Waals surface area contributed by atoms with Gasteiger partial charge in [0.05, 0.1) is 5.92 Å². The molecule has 0 aliphatic rings. The molecule has 6 nitrogen and oxygen atoms in total. The molecule has 1 amide bonds. The van der Waals surface area contributed by atoms with Crippen molar-refractivity contribution < 1.29 is 9.90 Å². The van der Waals surface area contributed by atoms with Crippen LogP contribution in [0, 0.1) is 0 Å². The van der Waals surface area contributed by atoms with Gasteiger partial charge in [0.15, 0.2) is 0 Å². The van der Waals surface area contributed by atoms with Gasteiger partial charge < -0.3 is 10.4 Å². The van der Waals surface area contributed by atoms with E-state index in [9.17, 15) is 9.90 Å². The molecule has 0 spiro atoms. The number of aromatic nitrogens is 3. The second-order valence-corrected chi connectivity index (χ2v) is 9.94. The number of hydrogen-bond donors (Lipinski definition) is 2. The number of hydrogen-bond acceptors (Lipinski definition) is 4. The highest BCUT2D eigenvalue weighted by atomic mass is 16.3. The van der Waals surface area contributed by atoms with E-state index in [1.54, 1.807) is 0 Å². The number of rotatable bonds is 10. The molecule has 0 bridgehead atoms. The Bertz CT molecular complexity index is 1050. The summed E-state index contributed by atoms with van der Waals surface area (Å²) in [5.74, 6) is -0.208. The fourth-order valence-corrected chi connectivity index (χ4v) is 4.00. The van der Waals surface area contributed by atoms with Crippen LogP contribution in [0.1, 0.15) is 90.2 Å². The molecule has 178 valence electrons. The Morgan fingerprint density at radius 3 is 2.24 bits per heavy atom. The summed E-state index contributed by atoms with van der Waals surface area (Å²) in [5, 5.41) is 23.3. The molecule has 6 heteroatoms. The van der Waals surface area contributed by atoms with Gasteiger partial charge in [0, 0.05) is 12.1 Å². The first-order valence-electron chi connectivity index (χ1n) is 12.2. The van der Waals surface area contributed by atoms with Gasteiger partial charge >= 0.3 is 0 Å². The zero-order chi connectivity index (χ0) is 24.0. The minimum absolute atomic E-state index is 0.00126. The van der Waals surface area contributed by atoms with Crippen molar-refractivity contribution in [1.29, 1.82) is 0 Å². The highest BCUT2D eigenvalue weighted by Gasteiger charge is 2.26. The molecule has 0 saturated carbocycles. The van der Waals surface area contributed by atoms with Gasteiger partial charge in [0.25, 0.3) is 0 Å². The van der Waals surface area contributed by atoms with Crippen LogP contribution < -0.4 is 5.32 Å². The number of nitrogens with one attached hydrogen (secondary N) is 1. The minimum Gasteiger partial charge on any atom is -0.505 e. The number of phenols is 1. The summed E-state index contributed by atoms with van der Waals surface area (Å²) >= 11 is 0. The van der Waals surface area contributed by atoms with Gasteiger partial charge in [-0.25, -0.2) is 0 Å². The SMILES string of the molecule is CCCCCCCCNC(=O)C(C)c1cc(-n2nc3ccccc3n2)c(O)c(C(C)(C)C)c1. The maximum absolute atomic E-state index is 12.9. The quantitative estimate of drug-likeness (QED) is 0.371. The molecule has 1 heterocycles. The van der Waals surface area contributed by atoms with E-state index in [0.29, 0.717) is 12.2 Å². The van der Waals surface area contributed by atoms with E-state index in [4.69, 9.17) is 0 Å². The van der Waals surface area contributed by atoms with Gasteiger partial charge in [-0.15, -0.1) is 15.0 Å². The fraction of sp³-hybridized carbons (Fsp3) is 0.519. The van der Waals surface area contributed by atoms with Crippen molar-refractivity contribution in [2.24, 2.45) is 0 Å². The fourth-order valence-electron chi connectivity index (χ4n) is 4.00. The van der Waals surface area contributed by atoms with Crippen LogP contribution in [0.3, 0.4) is 0 Å². The molecule has 2 N–H and O–H groups in total. The Morgan fingerprint density at radius 1 is 1.03 bits per heavy atom. The number of phenolic OH excluding ortho intramolecular Hbond substituents is 1. The van der Waals surface area contributed by atoms with Crippen molar-refractivity contribution in [3.05, 3.63) is 47.5 Å². The first-order valence-corrected chi connectivity index (χ1v) is 12.2. The standard InChI is InChI=1S/C27H38N4O2/c1-6-7-8-9-10-13-16-28-26(33)19(2)20-17-21(27(3,4)5)25(32)24(18-20)31-29-22-14-11-12-15-23(22)30-31/h11-12,14-15,17-19,32H,6-10,13,16H2,1-5H3,(H,28,33). The van der Waals surface area contributed by atoms with Gasteiger partial charge in [-0.3, -0.25) is 4.79 Å². The van der Waals surface area contributed by atoms with Gasteiger partial charge in [0.2, 0.25) is 5.91 Å². The number of aromatic hydroxyl groups is 1. The van der Waals surface area contributed by atoms with Crippen LogP contribution in [0.15, 0.2) is 36.4 Å². The molecule has 0 aliphatic heterocycles. The largest absolute Gasteiger partial charge is 0.505 e. The molecule has 0 fully saturated rings. The first-order chi connectivity index (χ1) is 15.7. The minimum atomic E-state index is -0.351. The van der Waals surface area contributed by atoms with Crippen LogP contribution in [0.2, 0.25) is 0 Å². The Labute approximate surface area is 197 Å². The van der Waals surface area contributed by atoms with Crippen LogP contribution in [0.5, 0.6) is 5.75 Å². The lowest BCUT2D eigenvalue weighted by atomic mass is 9.83. The van der Waals surface area contributed by atoms with Crippen molar-refractivity contribution in [2.45, 2.75) is 84.5 Å². The third-order valence-corrected chi connectivity index (χ3v) is 6.15. The van der Waals surface area contributed by atoms with E-state index in [1.807, 2.05) is 64.1 Å². The predicted octanol–water partition coefficient (Wildman–Crippen LogP) is 6.00. The third kappa shape index (κ3) is 6.12. The van der Waals surface area contributed by atoms with Gasteiger partial charge in [-0.05, 0) is 42.5 Å². The Morgan fingerprint density at radius 2 is 1.64 bits per heavy atom. The Hall–Kier alpha value is -2.89. The number of benzene rings is 2. The van der Waals surface area contributed by atoms with Gasteiger partial charge in [-0.1, -0.05) is 78.0 Å². The lowest BCUT2D eigenvalue weighted by molar-refractivity contribution is -0.122. The van der Waals surface area contributed by atoms with Gasteiger partial charge in [-0.2, -0.15) is 0 Å². The number of carbonyl (C=O) groups excluding carboxylic acids is 1. The molecular formula is C27H38N4O2. The lowest BCUT2D eigenvalue weighted by Gasteiger charge is -2.24. The summed E-state index contributed by atoms with van der Waals surface area (Å²) < 4.78 is 0. The average molecular weight is 451 g/mol. The monoisotopic (exact) mass is 450 g/mol. The molecule has 3 aromatic rings. The summed E-state index contributed by atoms with van der Waals surface area (Å²) in [5.41, 5.74) is 3.30. The summed E-state index contributed by atoms with van der Waals surface area (Å²) in [7, 11) is 0. The van der Waals surface area contributed by atoms with Crippen molar-refractivity contribution in [2.75, 3.05) is 6.54 Å². The van der Waals surface area contributed by atoms with Crippen molar-refractivity contribution in [1.82, 2.24) is 20.3 Å². The number of fused-ring (bicyclic) bond motifs is 1. The molecule has 1 aromatic heterocycles. The summed E-state index contributed by atoms with van der Waals surface area (Å²) in [4.78, 5) is 14.4. The number of carbonyl (C=O) groups is 1. The van der Waals surface area contributed by atoms with Crippen molar-refractivity contribution >= 4 is 16.9 Å². The normalized spacial score (nSPS) is 12.8. The zero-order valence-electron chi connectivity index (χ0n) is 20.7. The molecule has 2 aromatic carbocycles. The molecule has 0 saturated heterocycles. The number of amides is 1. The molecule has 1 unspecified atom stereocenters. The molecule has 33 heavy (non-hydrogen) atoms. The van der Waals surface area contributed by atoms with Crippen LogP contribution in [0.25, 0.3) is 16.7 Å². The second kappa shape index (κ2) is 10.8. The average Bonchev–Trinajstić information content (AvgIpc) is 3.21. The number of unbranched alkanes of at least 4 members (excludes halogenated alkanes) is 5. The molecule has 0 radical (unpaired) electrons. The topological polar surface area (TPSA) is 80.0 Å². The highest BCUT2D eigenvalue weighted by Crippen LogP contribution is 2.38. The summed E-state index contributed by atoms with van der Waals surface area (Å²) in [6.45, 7) is 11.0. The van der Waals surface area contributed by atoms with Gasteiger partial charge in [0.1, 0.15) is 22.5 Å². The second-order valence-electron chi connectivity index (χ2n) is 9.94. The van der Waals surface area contributed by atoms with Crippen molar-refractivity contribution in [3.63, 3.8) is 0 Å². The smallest absolute Gasteiger partial charge is 0.227 e. The third-order valence-electron chi connectivity index (χ3n) is 6.15. The van der Waals surface area contributed by atoms with E-state index in [-0.39, 0.29) is 23.0 Å². The van der Waals surface area contributed by atoms with E-state index >= 15 is 0 Å². The molecular weight excluding hydrogens is 412 g/mol. The highest BCUT2D eigenvalue weighted by molar-refractivity contribution is 5.83. The van der Waals surface area contributed by atoms with E-state index < -0.39 is 0 Å². The maximum atomic E-state index is 12.9.